The SMILES string of the molecule is Oc1csc2c(F)cc(I)cc12. The Balaban J connectivity index is 2.92. The Morgan fingerprint density at radius 2 is 2.17 bits per heavy atom. The minimum Gasteiger partial charge on any atom is -0.506 e. The number of thiophene rings is 1. The largest absolute Gasteiger partial charge is 0.506 e. The molecule has 0 bridgehead atoms. The summed E-state index contributed by atoms with van der Waals surface area (Å²) in [4.78, 5) is 0. The van der Waals surface area contributed by atoms with Gasteiger partial charge in [-0.05, 0) is 34.7 Å². The number of aromatic hydroxyl groups is 1. The van der Waals surface area contributed by atoms with E-state index in [1.807, 2.05) is 22.6 Å². The van der Waals surface area contributed by atoms with Crippen LogP contribution in [0, 0.1) is 9.39 Å². The zero-order chi connectivity index (χ0) is 8.72. The normalized spacial score (nSPS) is 10.8. The number of hydrogen-bond acceptors (Lipinski definition) is 2. The van der Waals surface area contributed by atoms with Gasteiger partial charge in [0.05, 0.1) is 4.70 Å². The van der Waals surface area contributed by atoms with Crippen molar-refractivity contribution in [1.29, 1.82) is 0 Å². The van der Waals surface area contributed by atoms with Gasteiger partial charge < -0.3 is 5.11 Å². The highest BCUT2D eigenvalue weighted by molar-refractivity contribution is 14.1. The summed E-state index contributed by atoms with van der Waals surface area (Å²) in [6.07, 6.45) is 0. The van der Waals surface area contributed by atoms with Crippen molar-refractivity contribution in [2.45, 2.75) is 0 Å². The first-order valence-electron chi connectivity index (χ1n) is 3.23. The highest BCUT2D eigenvalue weighted by Crippen LogP contribution is 2.34. The van der Waals surface area contributed by atoms with E-state index in [9.17, 15) is 9.50 Å². The monoisotopic (exact) mass is 294 g/mol. The van der Waals surface area contributed by atoms with Crippen molar-refractivity contribution in [1.82, 2.24) is 0 Å². The molecule has 0 radical (unpaired) electrons. The Morgan fingerprint density at radius 3 is 2.92 bits per heavy atom. The number of halogens is 2. The predicted molar refractivity (Wildman–Crippen MR) is 56.2 cm³/mol. The fourth-order valence-corrected chi connectivity index (χ4v) is 2.45. The lowest BCUT2D eigenvalue weighted by Crippen LogP contribution is -1.76. The van der Waals surface area contributed by atoms with Gasteiger partial charge >= 0.3 is 0 Å². The summed E-state index contributed by atoms with van der Waals surface area (Å²) in [5.41, 5.74) is 0. The van der Waals surface area contributed by atoms with Gasteiger partial charge in [0.25, 0.3) is 0 Å². The van der Waals surface area contributed by atoms with Crippen LogP contribution in [-0.4, -0.2) is 5.11 Å². The molecule has 12 heavy (non-hydrogen) atoms. The first-order valence-corrected chi connectivity index (χ1v) is 5.19. The first kappa shape index (κ1) is 8.25. The van der Waals surface area contributed by atoms with E-state index in [0.717, 1.165) is 3.57 Å². The van der Waals surface area contributed by atoms with E-state index in [-0.39, 0.29) is 11.6 Å². The summed E-state index contributed by atoms with van der Waals surface area (Å²) < 4.78 is 14.5. The molecule has 1 heterocycles. The molecule has 4 heteroatoms. The lowest BCUT2D eigenvalue weighted by molar-refractivity contribution is 0.483. The zero-order valence-electron chi connectivity index (χ0n) is 5.84. The molecule has 0 saturated carbocycles. The molecule has 0 fully saturated rings. The number of hydrogen-bond donors (Lipinski definition) is 1. The van der Waals surface area contributed by atoms with Crippen LogP contribution in [0.25, 0.3) is 10.1 Å². The lowest BCUT2D eigenvalue weighted by atomic mass is 10.2. The van der Waals surface area contributed by atoms with Gasteiger partial charge in [0, 0.05) is 14.3 Å². The molecule has 1 nitrogen and oxygen atoms in total. The van der Waals surface area contributed by atoms with Crippen molar-refractivity contribution in [3.05, 3.63) is 26.9 Å². The average molecular weight is 294 g/mol. The molecule has 1 aromatic heterocycles. The third kappa shape index (κ3) is 1.19. The molecule has 0 aliphatic rings. The number of fused-ring (bicyclic) bond motifs is 1. The topological polar surface area (TPSA) is 20.2 Å². The van der Waals surface area contributed by atoms with Crippen molar-refractivity contribution in [2.24, 2.45) is 0 Å². The fraction of sp³-hybridized carbons (Fsp3) is 0. The summed E-state index contributed by atoms with van der Waals surface area (Å²) in [6, 6.07) is 3.23. The fourth-order valence-electron chi connectivity index (χ4n) is 1.05. The van der Waals surface area contributed by atoms with E-state index in [0.29, 0.717) is 10.1 Å². The van der Waals surface area contributed by atoms with Crippen molar-refractivity contribution in [3.8, 4) is 5.75 Å². The lowest BCUT2D eigenvalue weighted by Gasteiger charge is -1.94. The molecule has 0 aliphatic carbocycles. The predicted octanol–water partition coefficient (Wildman–Crippen LogP) is 3.35. The molecule has 2 aromatic rings. The minimum absolute atomic E-state index is 0.160. The molecule has 0 spiro atoms. The molecule has 0 atom stereocenters. The van der Waals surface area contributed by atoms with E-state index in [4.69, 9.17) is 0 Å². The molecular formula is C8H4FIOS. The smallest absolute Gasteiger partial charge is 0.142 e. The van der Waals surface area contributed by atoms with Crippen LogP contribution in [0.4, 0.5) is 4.39 Å². The van der Waals surface area contributed by atoms with Crippen LogP contribution in [0.1, 0.15) is 0 Å². The maximum absolute atomic E-state index is 13.2. The highest BCUT2D eigenvalue weighted by atomic mass is 127. The summed E-state index contributed by atoms with van der Waals surface area (Å²) in [5.74, 6) is -0.102. The molecule has 0 amide bonds. The summed E-state index contributed by atoms with van der Waals surface area (Å²) in [7, 11) is 0. The quantitative estimate of drug-likeness (QED) is 0.739. The Bertz CT molecular complexity index is 438. The van der Waals surface area contributed by atoms with Crippen LogP contribution in [0.15, 0.2) is 17.5 Å². The third-order valence-corrected chi connectivity index (χ3v) is 3.19. The third-order valence-electron chi connectivity index (χ3n) is 1.57. The van der Waals surface area contributed by atoms with Crippen LogP contribution < -0.4 is 0 Å². The Kier molecular flexibility index (Phi) is 1.96. The van der Waals surface area contributed by atoms with Crippen LogP contribution in [0.3, 0.4) is 0 Å². The molecule has 0 aliphatic heterocycles. The van der Waals surface area contributed by atoms with E-state index >= 15 is 0 Å². The van der Waals surface area contributed by atoms with Gasteiger partial charge in [0.2, 0.25) is 0 Å². The second-order valence-corrected chi connectivity index (χ2v) is 4.51. The van der Waals surface area contributed by atoms with Gasteiger partial charge in [-0.25, -0.2) is 4.39 Å². The average Bonchev–Trinajstić information content (AvgIpc) is 2.33. The summed E-state index contributed by atoms with van der Waals surface area (Å²) >= 11 is 3.24. The summed E-state index contributed by atoms with van der Waals surface area (Å²) in [5, 5.41) is 11.4. The Morgan fingerprint density at radius 1 is 1.42 bits per heavy atom. The van der Waals surface area contributed by atoms with E-state index in [1.54, 1.807) is 11.4 Å². The molecule has 2 rings (SSSR count). The van der Waals surface area contributed by atoms with E-state index in [2.05, 4.69) is 0 Å². The molecular weight excluding hydrogens is 290 g/mol. The Hall–Kier alpha value is -0.360. The minimum atomic E-state index is -0.262. The summed E-state index contributed by atoms with van der Waals surface area (Å²) in [6.45, 7) is 0. The molecule has 1 aromatic carbocycles. The second-order valence-electron chi connectivity index (χ2n) is 2.39. The molecule has 0 unspecified atom stereocenters. The van der Waals surface area contributed by atoms with Crippen molar-refractivity contribution >= 4 is 44.0 Å². The van der Waals surface area contributed by atoms with Crippen LogP contribution >= 0.6 is 33.9 Å². The standard InChI is InChI=1S/C8H4FIOS/c9-6-2-4(10)1-5-7(11)3-12-8(5)6/h1-3,11H. The number of rotatable bonds is 0. The van der Waals surface area contributed by atoms with E-state index < -0.39 is 0 Å². The van der Waals surface area contributed by atoms with Crippen LogP contribution in [0.5, 0.6) is 5.75 Å². The van der Waals surface area contributed by atoms with Gasteiger partial charge in [-0.3, -0.25) is 0 Å². The maximum atomic E-state index is 13.2. The van der Waals surface area contributed by atoms with Gasteiger partial charge in [0.15, 0.2) is 0 Å². The van der Waals surface area contributed by atoms with Gasteiger partial charge in [-0.2, -0.15) is 0 Å². The first-order chi connectivity index (χ1) is 5.68. The van der Waals surface area contributed by atoms with Crippen molar-refractivity contribution < 1.29 is 9.50 Å². The van der Waals surface area contributed by atoms with Gasteiger partial charge in [-0.1, -0.05) is 0 Å². The van der Waals surface area contributed by atoms with Crippen molar-refractivity contribution in [2.75, 3.05) is 0 Å². The van der Waals surface area contributed by atoms with Gasteiger partial charge in [-0.15, -0.1) is 11.3 Å². The highest BCUT2D eigenvalue weighted by Gasteiger charge is 2.07. The van der Waals surface area contributed by atoms with Crippen LogP contribution in [0.2, 0.25) is 0 Å². The molecule has 62 valence electrons. The second kappa shape index (κ2) is 2.85. The Labute approximate surface area is 86.0 Å². The molecule has 1 N–H and O–H groups in total. The number of benzene rings is 1. The van der Waals surface area contributed by atoms with Crippen LogP contribution in [-0.2, 0) is 0 Å². The van der Waals surface area contributed by atoms with E-state index in [1.165, 1.54) is 17.4 Å². The zero-order valence-corrected chi connectivity index (χ0v) is 8.82. The van der Waals surface area contributed by atoms with Gasteiger partial charge in [0.1, 0.15) is 11.6 Å². The maximum Gasteiger partial charge on any atom is 0.142 e. The molecule has 0 saturated heterocycles. The van der Waals surface area contributed by atoms with Crippen molar-refractivity contribution in [3.63, 3.8) is 0 Å².